The first-order valence-electron chi connectivity index (χ1n) is 14.8. The molecule has 11 nitrogen and oxygen atoms in total. The number of pyridine rings is 1. The molecule has 0 bridgehead atoms. The number of nitrogens with two attached hydrogens (primary N) is 1. The number of Topliss-reactive ketones (excluding diaryl/α,β-unsaturated/α-hetero) is 1. The third kappa shape index (κ3) is 8.58. The van der Waals surface area contributed by atoms with E-state index < -0.39 is 53.5 Å². The minimum absolute atomic E-state index is 0.0691. The molecule has 2 aromatic carbocycles. The first-order chi connectivity index (χ1) is 21.8. The Morgan fingerprint density at radius 2 is 1.87 bits per heavy atom. The summed E-state index contributed by atoms with van der Waals surface area (Å²) in [5, 5.41) is 18.7. The van der Waals surface area contributed by atoms with E-state index in [9.17, 15) is 24.3 Å². The number of aliphatic hydroxyl groups is 1. The van der Waals surface area contributed by atoms with E-state index in [2.05, 4.69) is 15.6 Å². The number of hydrogen-bond acceptors (Lipinski definition) is 10. The van der Waals surface area contributed by atoms with Crippen molar-refractivity contribution in [3.05, 3.63) is 72.6 Å². The van der Waals surface area contributed by atoms with Crippen LogP contribution in [0, 0.1) is 0 Å². The Kier molecular flexibility index (Phi) is 11.7. The lowest BCUT2D eigenvalue weighted by Gasteiger charge is -2.33. The molecule has 3 amide bonds. The Morgan fingerprint density at radius 1 is 1.13 bits per heavy atom. The third-order valence-electron chi connectivity index (χ3n) is 7.49. The zero-order valence-corrected chi connectivity index (χ0v) is 28.0. The maximum atomic E-state index is 13.9. The quantitative estimate of drug-likeness (QED) is 0.199. The van der Waals surface area contributed by atoms with Gasteiger partial charge in [0.2, 0.25) is 11.8 Å². The van der Waals surface area contributed by atoms with Crippen molar-refractivity contribution >= 4 is 57.8 Å². The number of amides is 3. The maximum Gasteiger partial charge on any atom is 0.254 e. The van der Waals surface area contributed by atoms with Gasteiger partial charge in [-0.25, -0.2) is 0 Å². The number of fused-ring (bicyclic) bond motifs is 1. The Morgan fingerprint density at radius 3 is 2.57 bits per heavy atom. The van der Waals surface area contributed by atoms with Crippen LogP contribution in [0.25, 0.3) is 10.8 Å². The first kappa shape index (κ1) is 35.2. The molecule has 1 aliphatic rings. The van der Waals surface area contributed by atoms with Gasteiger partial charge in [0.25, 0.3) is 5.91 Å². The summed E-state index contributed by atoms with van der Waals surface area (Å²) in [5.74, 6) is -1.59. The number of aliphatic hydroxyl groups excluding tert-OH is 1. The average molecular weight is 668 g/mol. The molecule has 1 aromatic heterocycles. The number of thioether (sulfide) groups is 2. The van der Waals surface area contributed by atoms with Crippen LogP contribution in [0.3, 0.4) is 0 Å². The molecule has 0 saturated carbocycles. The second kappa shape index (κ2) is 15.3. The molecule has 0 aliphatic carbocycles. The molecule has 13 heteroatoms. The minimum Gasteiger partial charge on any atom is -0.485 e. The summed E-state index contributed by atoms with van der Waals surface area (Å²) in [4.78, 5) is 59.6. The molecule has 4 rings (SSSR count). The standard InChI is InChI=1S/C33H41N5O6S2/c1-32(2,3)37-29(41)25-18-46-20-38(25)30(42)28(40)24(15-21-9-6-5-7-10-21)36-31(43)33(34,19-45-4)27(39)17-44-26-12-8-11-22-16-35-14-13-23(22)26/h5-14,16,24-25,28,40H,15,17-20,34H2,1-4H3,(H,36,43)(H,37,41)/t24-,25?,28-,33?/m0/s1. The van der Waals surface area contributed by atoms with E-state index in [1.807, 2.05) is 32.9 Å². The fourth-order valence-corrected chi connectivity index (χ4v) is 6.98. The van der Waals surface area contributed by atoms with Crippen molar-refractivity contribution in [2.75, 3.05) is 30.2 Å². The number of carbonyl (C=O) groups excluding carboxylic acids is 4. The largest absolute Gasteiger partial charge is 0.485 e. The SMILES string of the molecule is CSCC(N)(C(=O)COc1cccc2cnccc12)C(=O)N[C@@H](Cc1ccccc1)[C@H](O)C(=O)N1CSCC1C(=O)NC(C)(C)C. The van der Waals surface area contributed by atoms with Crippen LogP contribution in [0.15, 0.2) is 67.0 Å². The fraction of sp³-hybridized carbons (Fsp3) is 0.424. The van der Waals surface area contributed by atoms with E-state index in [1.165, 1.54) is 28.4 Å². The van der Waals surface area contributed by atoms with Crippen molar-refractivity contribution < 1.29 is 29.0 Å². The molecule has 2 heterocycles. The van der Waals surface area contributed by atoms with E-state index in [0.717, 1.165) is 16.3 Å². The number of benzene rings is 2. The zero-order valence-electron chi connectivity index (χ0n) is 26.4. The molecule has 0 radical (unpaired) electrons. The van der Waals surface area contributed by atoms with Gasteiger partial charge in [0.15, 0.2) is 17.4 Å². The number of carbonyl (C=O) groups is 4. The predicted molar refractivity (Wildman–Crippen MR) is 181 cm³/mol. The summed E-state index contributed by atoms with van der Waals surface area (Å²) in [5.41, 5.74) is 4.73. The van der Waals surface area contributed by atoms with Crippen molar-refractivity contribution in [3.8, 4) is 5.75 Å². The van der Waals surface area contributed by atoms with Crippen LogP contribution in [0.1, 0.15) is 26.3 Å². The molecule has 0 spiro atoms. The minimum atomic E-state index is -2.03. The van der Waals surface area contributed by atoms with Gasteiger partial charge in [-0.3, -0.25) is 24.2 Å². The van der Waals surface area contributed by atoms with Gasteiger partial charge >= 0.3 is 0 Å². The highest BCUT2D eigenvalue weighted by atomic mass is 32.2. The molecule has 46 heavy (non-hydrogen) atoms. The van der Waals surface area contributed by atoms with Crippen molar-refractivity contribution in [3.63, 3.8) is 0 Å². The smallest absolute Gasteiger partial charge is 0.254 e. The lowest BCUT2D eigenvalue weighted by molar-refractivity contribution is -0.147. The highest BCUT2D eigenvalue weighted by Crippen LogP contribution is 2.26. The number of ketones is 1. The van der Waals surface area contributed by atoms with Gasteiger partial charge in [-0.2, -0.15) is 11.8 Å². The summed E-state index contributed by atoms with van der Waals surface area (Å²) in [6, 6.07) is 14.2. The van der Waals surface area contributed by atoms with Crippen LogP contribution in [-0.4, -0.2) is 98.0 Å². The summed E-state index contributed by atoms with van der Waals surface area (Å²) in [7, 11) is 0. The first-order valence-corrected chi connectivity index (χ1v) is 17.4. The third-order valence-corrected chi connectivity index (χ3v) is 9.25. The van der Waals surface area contributed by atoms with E-state index in [4.69, 9.17) is 10.5 Å². The van der Waals surface area contributed by atoms with Crippen molar-refractivity contribution in [2.24, 2.45) is 5.73 Å². The molecule has 1 fully saturated rings. The fourth-order valence-electron chi connectivity index (χ4n) is 5.07. The van der Waals surface area contributed by atoms with E-state index in [0.29, 0.717) is 11.5 Å². The van der Waals surface area contributed by atoms with Crippen molar-refractivity contribution in [2.45, 2.75) is 56.5 Å². The van der Waals surface area contributed by atoms with E-state index in [1.54, 1.807) is 61.1 Å². The van der Waals surface area contributed by atoms with Gasteiger partial charge in [-0.1, -0.05) is 42.5 Å². The molecule has 1 saturated heterocycles. The van der Waals surface area contributed by atoms with E-state index >= 15 is 0 Å². The van der Waals surface area contributed by atoms with Gasteiger partial charge in [0.1, 0.15) is 18.4 Å². The number of aromatic nitrogens is 1. The van der Waals surface area contributed by atoms with Gasteiger partial charge in [0, 0.05) is 40.2 Å². The number of nitrogens with one attached hydrogen (secondary N) is 2. The summed E-state index contributed by atoms with van der Waals surface area (Å²) in [6.07, 6.45) is 3.36. The van der Waals surface area contributed by atoms with Crippen molar-refractivity contribution in [1.82, 2.24) is 20.5 Å². The molecule has 5 N–H and O–H groups in total. The van der Waals surface area contributed by atoms with Gasteiger partial charge in [0.05, 0.1) is 11.9 Å². The van der Waals surface area contributed by atoms with Gasteiger partial charge in [-0.05, 0) is 51.1 Å². The normalized spacial score (nSPS) is 17.5. The molecular weight excluding hydrogens is 627 g/mol. The molecule has 3 aromatic rings. The van der Waals surface area contributed by atoms with E-state index in [-0.39, 0.29) is 24.0 Å². The Labute approximate surface area is 277 Å². The average Bonchev–Trinajstić information content (AvgIpc) is 3.53. The topological polar surface area (TPSA) is 164 Å². The molecular formula is C33H41N5O6S2. The summed E-state index contributed by atoms with van der Waals surface area (Å²) < 4.78 is 5.85. The molecule has 1 aliphatic heterocycles. The summed E-state index contributed by atoms with van der Waals surface area (Å²) >= 11 is 2.61. The number of ether oxygens (including phenoxy) is 1. The molecule has 2 unspecified atom stereocenters. The zero-order chi connectivity index (χ0) is 33.5. The van der Waals surface area contributed by atoms with Crippen LogP contribution < -0.4 is 21.1 Å². The van der Waals surface area contributed by atoms with Crippen LogP contribution in [0.5, 0.6) is 5.75 Å². The van der Waals surface area contributed by atoms with Crippen LogP contribution in [0.2, 0.25) is 0 Å². The second-order valence-corrected chi connectivity index (χ2v) is 14.1. The highest BCUT2D eigenvalue weighted by Gasteiger charge is 2.45. The lowest BCUT2D eigenvalue weighted by Crippen LogP contribution is -2.66. The number of rotatable bonds is 13. The monoisotopic (exact) mass is 667 g/mol. The number of nitrogens with zero attached hydrogens (tertiary/aromatic N) is 2. The van der Waals surface area contributed by atoms with Gasteiger partial charge < -0.3 is 31.1 Å². The highest BCUT2D eigenvalue weighted by molar-refractivity contribution is 7.99. The Balaban J connectivity index is 1.54. The second-order valence-electron chi connectivity index (χ2n) is 12.2. The van der Waals surface area contributed by atoms with Crippen LogP contribution in [-0.2, 0) is 25.6 Å². The summed E-state index contributed by atoms with van der Waals surface area (Å²) in [6.45, 7) is 5.06. The van der Waals surface area contributed by atoms with Crippen LogP contribution >= 0.6 is 23.5 Å². The van der Waals surface area contributed by atoms with Crippen molar-refractivity contribution in [1.29, 1.82) is 0 Å². The maximum absolute atomic E-state index is 13.9. The number of hydrogen-bond donors (Lipinski definition) is 4. The molecule has 246 valence electrons. The Hall–Kier alpha value is -3.65. The lowest BCUT2D eigenvalue weighted by atomic mass is 9.94. The molecule has 4 atom stereocenters. The van der Waals surface area contributed by atoms with Gasteiger partial charge in [-0.15, -0.1) is 11.8 Å². The predicted octanol–water partition coefficient (Wildman–Crippen LogP) is 2.15. The Bertz CT molecular complexity index is 1550. The van der Waals surface area contributed by atoms with Crippen LogP contribution in [0.4, 0.5) is 0 Å².